The predicted octanol–water partition coefficient (Wildman–Crippen LogP) is 1.23. The molecule has 2 rings (SSSR count). The highest BCUT2D eigenvalue weighted by molar-refractivity contribution is 5.83. The number of nitrogens with zero attached hydrogens (tertiary/aromatic N) is 2. The molecule has 0 saturated carbocycles. The molecule has 0 bridgehead atoms. The van der Waals surface area contributed by atoms with Crippen molar-refractivity contribution in [2.45, 2.75) is 19.5 Å². The first-order valence-corrected chi connectivity index (χ1v) is 6.53. The van der Waals surface area contributed by atoms with Gasteiger partial charge >= 0.3 is 5.97 Å². The van der Waals surface area contributed by atoms with Gasteiger partial charge in [-0.25, -0.2) is 9.78 Å². The molecule has 1 unspecified atom stereocenters. The fourth-order valence-corrected chi connectivity index (χ4v) is 2.07. The van der Waals surface area contributed by atoms with E-state index < -0.39 is 12.0 Å². The van der Waals surface area contributed by atoms with Gasteiger partial charge in [-0.3, -0.25) is 4.79 Å². The number of rotatable bonds is 5. The Morgan fingerprint density at radius 3 is 2.67 bits per heavy atom. The lowest BCUT2D eigenvalue weighted by Crippen LogP contribution is -2.43. The van der Waals surface area contributed by atoms with E-state index in [1.54, 1.807) is 12.4 Å². The summed E-state index contributed by atoms with van der Waals surface area (Å²) in [5.41, 5.74) is 0.939. The van der Waals surface area contributed by atoms with Gasteiger partial charge in [-0.1, -0.05) is 30.3 Å². The Hall–Kier alpha value is -2.63. The second-order valence-corrected chi connectivity index (χ2v) is 4.55. The second kappa shape index (κ2) is 6.69. The Morgan fingerprint density at radius 2 is 2.05 bits per heavy atom. The molecule has 0 saturated heterocycles. The van der Waals surface area contributed by atoms with Crippen molar-refractivity contribution >= 4 is 11.9 Å². The average Bonchev–Trinajstić information content (AvgIpc) is 2.94. The second-order valence-electron chi connectivity index (χ2n) is 4.55. The first kappa shape index (κ1) is 14.8. The molecule has 1 heterocycles. The standard InChI is InChI=1S/C15H17N3O3/c1-11(19)17-13(15(20)21-2)10-18-9-8-16-14(18)12-6-4-3-5-7-12/h3-9,13H,10H2,1-2H3,(H,17,19). The van der Waals surface area contributed by atoms with E-state index in [2.05, 4.69) is 10.3 Å². The summed E-state index contributed by atoms with van der Waals surface area (Å²) < 4.78 is 6.53. The Balaban J connectivity index is 2.24. The van der Waals surface area contributed by atoms with Crippen LogP contribution in [-0.2, 0) is 20.9 Å². The van der Waals surface area contributed by atoms with Crippen molar-refractivity contribution in [3.63, 3.8) is 0 Å². The molecule has 0 aliphatic heterocycles. The van der Waals surface area contributed by atoms with Gasteiger partial charge in [0.2, 0.25) is 5.91 Å². The van der Waals surface area contributed by atoms with Gasteiger partial charge in [-0.05, 0) is 0 Å². The number of ether oxygens (including phenoxy) is 1. The third-order valence-corrected chi connectivity index (χ3v) is 2.99. The maximum atomic E-state index is 11.8. The molecule has 1 aromatic heterocycles. The first-order valence-electron chi connectivity index (χ1n) is 6.53. The molecule has 0 fully saturated rings. The van der Waals surface area contributed by atoms with Crippen LogP contribution in [0.3, 0.4) is 0 Å². The van der Waals surface area contributed by atoms with Gasteiger partial charge < -0.3 is 14.6 Å². The van der Waals surface area contributed by atoms with Gasteiger partial charge in [0, 0.05) is 24.9 Å². The SMILES string of the molecule is COC(=O)C(Cn1ccnc1-c1ccccc1)NC(C)=O. The maximum absolute atomic E-state index is 11.8. The number of aromatic nitrogens is 2. The molecule has 1 N–H and O–H groups in total. The van der Waals surface area contributed by atoms with Crippen molar-refractivity contribution < 1.29 is 14.3 Å². The lowest BCUT2D eigenvalue weighted by molar-refractivity contribution is -0.145. The van der Waals surface area contributed by atoms with E-state index in [9.17, 15) is 9.59 Å². The number of carbonyl (C=O) groups is 2. The maximum Gasteiger partial charge on any atom is 0.330 e. The van der Waals surface area contributed by atoms with Crippen LogP contribution in [0, 0.1) is 0 Å². The van der Waals surface area contributed by atoms with E-state index in [4.69, 9.17) is 4.74 Å². The largest absolute Gasteiger partial charge is 0.467 e. The molecule has 0 aliphatic rings. The molecule has 1 atom stereocenters. The van der Waals surface area contributed by atoms with Gasteiger partial charge in [0.05, 0.1) is 13.7 Å². The highest BCUT2D eigenvalue weighted by atomic mass is 16.5. The summed E-state index contributed by atoms with van der Waals surface area (Å²) in [6, 6.07) is 8.88. The fraction of sp³-hybridized carbons (Fsp3) is 0.267. The molecule has 110 valence electrons. The van der Waals surface area contributed by atoms with E-state index >= 15 is 0 Å². The van der Waals surface area contributed by atoms with Gasteiger partial charge in [0.1, 0.15) is 11.9 Å². The summed E-state index contributed by atoms with van der Waals surface area (Å²) in [7, 11) is 1.29. The minimum absolute atomic E-state index is 0.260. The quantitative estimate of drug-likeness (QED) is 0.839. The molecular weight excluding hydrogens is 270 g/mol. The summed E-state index contributed by atoms with van der Waals surface area (Å²) in [4.78, 5) is 27.3. The molecule has 0 spiro atoms. The zero-order valence-corrected chi connectivity index (χ0v) is 11.9. The van der Waals surface area contributed by atoms with Crippen molar-refractivity contribution in [2.24, 2.45) is 0 Å². The summed E-state index contributed by atoms with van der Waals surface area (Å²) in [6.07, 6.45) is 3.42. The van der Waals surface area contributed by atoms with Crippen LogP contribution in [0.25, 0.3) is 11.4 Å². The van der Waals surface area contributed by atoms with E-state index in [0.29, 0.717) is 0 Å². The lowest BCUT2D eigenvalue weighted by Gasteiger charge is -2.17. The number of methoxy groups -OCH3 is 1. The van der Waals surface area contributed by atoms with Gasteiger partial charge in [-0.15, -0.1) is 0 Å². The Morgan fingerprint density at radius 1 is 1.33 bits per heavy atom. The van der Waals surface area contributed by atoms with E-state index in [1.807, 2.05) is 34.9 Å². The van der Waals surface area contributed by atoms with Crippen LogP contribution < -0.4 is 5.32 Å². The highest BCUT2D eigenvalue weighted by Gasteiger charge is 2.21. The third kappa shape index (κ3) is 3.68. The monoisotopic (exact) mass is 287 g/mol. The van der Waals surface area contributed by atoms with Crippen molar-refractivity contribution in [1.82, 2.24) is 14.9 Å². The molecule has 0 radical (unpaired) electrons. The molecule has 6 heteroatoms. The normalized spacial score (nSPS) is 11.7. The number of carbonyl (C=O) groups excluding carboxylic acids is 2. The highest BCUT2D eigenvalue weighted by Crippen LogP contribution is 2.17. The van der Waals surface area contributed by atoms with Crippen LogP contribution in [0.15, 0.2) is 42.7 Å². The van der Waals surface area contributed by atoms with E-state index in [0.717, 1.165) is 11.4 Å². The average molecular weight is 287 g/mol. The smallest absolute Gasteiger partial charge is 0.330 e. The van der Waals surface area contributed by atoms with Crippen LogP contribution in [0.4, 0.5) is 0 Å². The third-order valence-electron chi connectivity index (χ3n) is 2.99. The number of amides is 1. The summed E-state index contributed by atoms with van der Waals surface area (Å²) >= 11 is 0. The molecule has 1 aromatic carbocycles. The summed E-state index contributed by atoms with van der Waals surface area (Å²) in [5, 5.41) is 2.59. The molecular formula is C15H17N3O3. The summed E-state index contributed by atoms with van der Waals surface area (Å²) in [5.74, 6) is -0.0421. The van der Waals surface area contributed by atoms with Gasteiger partial charge in [-0.2, -0.15) is 0 Å². The van der Waals surface area contributed by atoms with Crippen molar-refractivity contribution in [3.05, 3.63) is 42.7 Å². The fourth-order valence-electron chi connectivity index (χ4n) is 2.07. The number of esters is 1. The van der Waals surface area contributed by atoms with Crippen LogP contribution in [-0.4, -0.2) is 34.6 Å². The Kier molecular flexibility index (Phi) is 4.71. The topological polar surface area (TPSA) is 73.2 Å². The number of benzene rings is 1. The molecule has 1 amide bonds. The minimum atomic E-state index is -0.746. The van der Waals surface area contributed by atoms with Crippen molar-refractivity contribution in [2.75, 3.05) is 7.11 Å². The molecule has 21 heavy (non-hydrogen) atoms. The first-order chi connectivity index (χ1) is 10.1. The molecule has 6 nitrogen and oxygen atoms in total. The zero-order valence-electron chi connectivity index (χ0n) is 11.9. The van der Waals surface area contributed by atoms with Crippen molar-refractivity contribution in [1.29, 1.82) is 0 Å². The number of hydrogen-bond donors (Lipinski definition) is 1. The number of nitrogens with one attached hydrogen (secondary N) is 1. The predicted molar refractivity (Wildman–Crippen MR) is 77.3 cm³/mol. The van der Waals surface area contributed by atoms with Gasteiger partial charge in [0.15, 0.2) is 0 Å². The molecule has 0 aliphatic carbocycles. The van der Waals surface area contributed by atoms with Crippen LogP contribution >= 0.6 is 0 Å². The summed E-state index contributed by atoms with van der Waals surface area (Å²) in [6.45, 7) is 1.62. The zero-order chi connectivity index (χ0) is 15.2. The van der Waals surface area contributed by atoms with Crippen LogP contribution in [0.1, 0.15) is 6.92 Å². The number of imidazole rings is 1. The van der Waals surface area contributed by atoms with E-state index in [1.165, 1.54) is 14.0 Å². The Bertz CT molecular complexity index is 622. The lowest BCUT2D eigenvalue weighted by atomic mass is 10.2. The van der Waals surface area contributed by atoms with E-state index in [-0.39, 0.29) is 12.5 Å². The van der Waals surface area contributed by atoms with Crippen LogP contribution in [0.5, 0.6) is 0 Å². The number of hydrogen-bond acceptors (Lipinski definition) is 4. The minimum Gasteiger partial charge on any atom is -0.467 e. The van der Waals surface area contributed by atoms with Crippen molar-refractivity contribution in [3.8, 4) is 11.4 Å². The molecule has 2 aromatic rings. The van der Waals surface area contributed by atoms with Crippen LogP contribution in [0.2, 0.25) is 0 Å². The Labute approximate surface area is 122 Å². The van der Waals surface area contributed by atoms with Gasteiger partial charge in [0.25, 0.3) is 0 Å².